The van der Waals surface area contributed by atoms with Crippen LogP contribution in [0.4, 0.5) is 5.00 Å². The molecule has 0 spiro atoms. The Morgan fingerprint density at radius 3 is 2.85 bits per heavy atom. The Morgan fingerprint density at radius 2 is 2.19 bits per heavy atom. The molecule has 6 nitrogen and oxygen atoms in total. The molecule has 9 heteroatoms. The number of amides is 1. The Labute approximate surface area is 171 Å². The molecule has 1 aliphatic rings. The molecule has 0 aliphatic carbocycles. The molecule has 1 amide bonds. The van der Waals surface area contributed by atoms with Crippen LogP contribution in [0.15, 0.2) is 28.2 Å². The molecule has 3 rings (SSSR count). The molecule has 1 saturated heterocycles. The van der Waals surface area contributed by atoms with Crippen LogP contribution in [0.5, 0.6) is 0 Å². The largest absolute Gasteiger partial charge is 0.464 e. The van der Waals surface area contributed by atoms with Gasteiger partial charge in [-0.2, -0.15) is 0 Å². The van der Waals surface area contributed by atoms with Crippen molar-refractivity contribution in [2.45, 2.75) is 19.8 Å². The first-order valence-electron chi connectivity index (χ1n) is 8.64. The molecule has 27 heavy (non-hydrogen) atoms. The topological polar surface area (TPSA) is 71.8 Å². The summed E-state index contributed by atoms with van der Waals surface area (Å²) in [7, 11) is 0. The van der Waals surface area contributed by atoms with E-state index in [4.69, 9.17) is 21.4 Å². The summed E-state index contributed by atoms with van der Waals surface area (Å²) in [6, 6.07) is 3.51. The van der Waals surface area contributed by atoms with E-state index in [1.54, 1.807) is 24.4 Å². The number of anilines is 1. The van der Waals surface area contributed by atoms with Gasteiger partial charge in [0.15, 0.2) is 0 Å². The summed E-state index contributed by atoms with van der Waals surface area (Å²) >= 11 is 8.00. The second-order valence-electron chi connectivity index (χ2n) is 5.85. The number of esters is 1. The molecule has 0 unspecified atom stereocenters. The number of likely N-dealkylation sites (tertiary alicyclic amines) is 1. The highest BCUT2D eigenvalue weighted by molar-refractivity contribution is 8.23. The van der Waals surface area contributed by atoms with E-state index in [1.807, 2.05) is 0 Å². The third-order valence-electron chi connectivity index (χ3n) is 4.00. The monoisotopic (exact) mass is 424 g/mol. The van der Waals surface area contributed by atoms with Crippen molar-refractivity contribution in [3.63, 3.8) is 0 Å². The van der Waals surface area contributed by atoms with Crippen LogP contribution in [-0.4, -0.2) is 46.5 Å². The van der Waals surface area contributed by atoms with Gasteiger partial charge in [-0.3, -0.25) is 4.79 Å². The third kappa shape index (κ3) is 4.91. The molecule has 1 N–H and O–H groups in total. The number of nitrogens with one attached hydrogen (secondary N) is 1. The normalized spacial score (nSPS) is 13.6. The van der Waals surface area contributed by atoms with Crippen LogP contribution in [0.3, 0.4) is 0 Å². The summed E-state index contributed by atoms with van der Waals surface area (Å²) in [5, 5.41) is 5.05. The van der Waals surface area contributed by atoms with Gasteiger partial charge in [-0.05, 0) is 31.9 Å². The number of thioether (sulfide) groups is 1. The van der Waals surface area contributed by atoms with Gasteiger partial charge in [0.2, 0.25) is 5.91 Å². The molecular weight excluding hydrogens is 404 g/mol. The lowest BCUT2D eigenvalue weighted by Crippen LogP contribution is -2.25. The first-order valence-corrected chi connectivity index (χ1v) is 10.9. The fourth-order valence-electron chi connectivity index (χ4n) is 2.75. The molecular formula is C18H20N2O4S3. The van der Waals surface area contributed by atoms with Gasteiger partial charge < -0.3 is 19.4 Å². The minimum Gasteiger partial charge on any atom is -0.464 e. The molecule has 1 aliphatic heterocycles. The highest BCUT2D eigenvalue weighted by atomic mass is 32.2. The molecule has 0 saturated carbocycles. The maximum Gasteiger partial charge on any atom is 0.341 e. The summed E-state index contributed by atoms with van der Waals surface area (Å²) in [4.78, 5) is 26.9. The lowest BCUT2D eigenvalue weighted by Gasteiger charge is -2.17. The lowest BCUT2D eigenvalue weighted by molar-refractivity contribution is -0.113. The van der Waals surface area contributed by atoms with Crippen molar-refractivity contribution in [3.8, 4) is 11.3 Å². The Hall–Kier alpha value is -1.84. The van der Waals surface area contributed by atoms with Crippen molar-refractivity contribution in [1.82, 2.24) is 4.90 Å². The van der Waals surface area contributed by atoms with Crippen LogP contribution in [0.25, 0.3) is 11.3 Å². The van der Waals surface area contributed by atoms with Gasteiger partial charge in [0, 0.05) is 24.0 Å². The number of furan rings is 1. The number of rotatable bonds is 6. The minimum absolute atomic E-state index is 0.200. The molecule has 0 bridgehead atoms. The zero-order chi connectivity index (χ0) is 19.2. The van der Waals surface area contributed by atoms with E-state index in [0.717, 1.165) is 30.3 Å². The third-order valence-corrected chi connectivity index (χ3v) is 6.42. The zero-order valence-electron chi connectivity index (χ0n) is 14.9. The van der Waals surface area contributed by atoms with E-state index in [2.05, 4.69) is 10.2 Å². The number of hydrogen-bond donors (Lipinski definition) is 1. The number of hydrogen-bond acceptors (Lipinski definition) is 7. The van der Waals surface area contributed by atoms with Crippen LogP contribution in [-0.2, 0) is 9.53 Å². The van der Waals surface area contributed by atoms with E-state index >= 15 is 0 Å². The van der Waals surface area contributed by atoms with Gasteiger partial charge in [0.05, 0.1) is 18.6 Å². The SMILES string of the molecule is CCOC(=O)c1c(-c2ccco2)csc1NC(=O)CSC(=S)N1CCCC1. The van der Waals surface area contributed by atoms with Gasteiger partial charge in [0.25, 0.3) is 0 Å². The summed E-state index contributed by atoms with van der Waals surface area (Å²) < 4.78 is 11.3. The van der Waals surface area contributed by atoms with Crippen molar-refractivity contribution < 1.29 is 18.7 Å². The van der Waals surface area contributed by atoms with E-state index in [1.165, 1.54) is 29.4 Å². The highest BCUT2D eigenvalue weighted by Crippen LogP contribution is 2.36. The number of ether oxygens (including phenoxy) is 1. The van der Waals surface area contributed by atoms with Gasteiger partial charge in [-0.1, -0.05) is 24.0 Å². The molecule has 3 heterocycles. The van der Waals surface area contributed by atoms with Crippen LogP contribution in [0.1, 0.15) is 30.1 Å². The predicted molar refractivity (Wildman–Crippen MR) is 112 cm³/mol. The van der Waals surface area contributed by atoms with Gasteiger partial charge in [-0.15, -0.1) is 11.3 Å². The molecule has 1 fully saturated rings. The summed E-state index contributed by atoms with van der Waals surface area (Å²) in [6.07, 6.45) is 3.82. The Balaban J connectivity index is 1.69. The van der Waals surface area contributed by atoms with E-state index < -0.39 is 5.97 Å². The second kappa shape index (κ2) is 9.38. The van der Waals surface area contributed by atoms with Crippen molar-refractivity contribution >= 4 is 56.5 Å². The average molecular weight is 425 g/mol. The maximum absolute atomic E-state index is 12.4. The molecule has 0 radical (unpaired) electrons. The number of carbonyl (C=O) groups excluding carboxylic acids is 2. The van der Waals surface area contributed by atoms with Gasteiger partial charge >= 0.3 is 5.97 Å². The fraction of sp³-hybridized carbons (Fsp3) is 0.389. The number of thiophene rings is 1. The fourth-order valence-corrected chi connectivity index (χ4v) is 4.75. The standard InChI is InChI=1S/C18H20N2O4S3/c1-2-23-17(22)15-12(13-6-5-9-24-13)10-26-16(15)19-14(21)11-27-18(25)20-7-3-4-8-20/h5-6,9-10H,2-4,7-8,11H2,1H3,(H,19,21). The second-order valence-corrected chi connectivity index (χ2v) is 8.34. The van der Waals surface area contributed by atoms with Crippen molar-refractivity contribution in [2.24, 2.45) is 0 Å². The van der Waals surface area contributed by atoms with Crippen LogP contribution < -0.4 is 5.32 Å². The number of carbonyl (C=O) groups is 2. The summed E-state index contributed by atoms with van der Waals surface area (Å²) in [6.45, 7) is 3.90. The Morgan fingerprint density at radius 1 is 1.41 bits per heavy atom. The van der Waals surface area contributed by atoms with Gasteiger partial charge in [-0.25, -0.2) is 4.79 Å². The van der Waals surface area contributed by atoms with E-state index in [0.29, 0.717) is 21.9 Å². The lowest BCUT2D eigenvalue weighted by atomic mass is 10.1. The van der Waals surface area contributed by atoms with Crippen LogP contribution in [0.2, 0.25) is 0 Å². The molecule has 0 atom stereocenters. The van der Waals surface area contributed by atoms with Crippen molar-refractivity contribution in [2.75, 3.05) is 30.8 Å². The van der Waals surface area contributed by atoms with Crippen LogP contribution in [0, 0.1) is 0 Å². The molecule has 2 aromatic heterocycles. The van der Waals surface area contributed by atoms with Crippen molar-refractivity contribution in [1.29, 1.82) is 0 Å². The minimum atomic E-state index is -0.485. The Bertz CT molecular complexity index is 811. The average Bonchev–Trinajstić information content (AvgIpc) is 3.40. The molecule has 2 aromatic rings. The van der Waals surface area contributed by atoms with Crippen LogP contribution >= 0.6 is 35.3 Å². The predicted octanol–water partition coefficient (Wildman–Crippen LogP) is 4.24. The van der Waals surface area contributed by atoms with E-state index in [-0.39, 0.29) is 18.3 Å². The number of thiocarbonyl (C=S) groups is 1. The smallest absolute Gasteiger partial charge is 0.341 e. The van der Waals surface area contributed by atoms with Crippen molar-refractivity contribution in [3.05, 3.63) is 29.3 Å². The first-order chi connectivity index (χ1) is 13.1. The quantitative estimate of drug-likeness (QED) is 0.549. The maximum atomic E-state index is 12.4. The molecule has 0 aromatic carbocycles. The summed E-state index contributed by atoms with van der Waals surface area (Å²) in [5.41, 5.74) is 0.927. The number of nitrogens with zero attached hydrogens (tertiary/aromatic N) is 1. The summed E-state index contributed by atoms with van der Waals surface area (Å²) in [5.74, 6) is 0.0611. The zero-order valence-corrected chi connectivity index (χ0v) is 17.3. The Kier molecular flexibility index (Phi) is 6.92. The first kappa shape index (κ1) is 19.9. The van der Waals surface area contributed by atoms with E-state index in [9.17, 15) is 9.59 Å². The highest BCUT2D eigenvalue weighted by Gasteiger charge is 2.24. The molecule has 144 valence electrons. The van der Waals surface area contributed by atoms with Gasteiger partial charge in [0.1, 0.15) is 20.6 Å².